The van der Waals surface area contributed by atoms with Gasteiger partial charge in [-0.05, 0) is 12.1 Å². The third-order valence-electron chi connectivity index (χ3n) is 3.28. The number of nitrogens with one attached hydrogen (secondary N) is 2. The summed E-state index contributed by atoms with van der Waals surface area (Å²) in [4.78, 5) is 16.1. The van der Waals surface area contributed by atoms with Gasteiger partial charge in [0.05, 0.1) is 24.8 Å². The lowest BCUT2D eigenvalue weighted by molar-refractivity contribution is -0.123. The number of amides is 1. The number of carbonyl (C=O) groups is 1. The van der Waals surface area contributed by atoms with Crippen molar-refractivity contribution in [2.45, 2.75) is 24.9 Å². The Morgan fingerprint density at radius 2 is 2.23 bits per heavy atom. The molecular formula is C13H16Cl2F2N4O. The van der Waals surface area contributed by atoms with Gasteiger partial charge in [0.1, 0.15) is 5.65 Å². The van der Waals surface area contributed by atoms with Gasteiger partial charge in [0.2, 0.25) is 5.91 Å². The Morgan fingerprint density at radius 3 is 2.86 bits per heavy atom. The first-order valence-corrected chi connectivity index (χ1v) is 6.35. The molecule has 0 bridgehead atoms. The van der Waals surface area contributed by atoms with Gasteiger partial charge in [-0.1, -0.05) is 6.07 Å². The molecule has 2 aromatic heterocycles. The van der Waals surface area contributed by atoms with E-state index in [4.69, 9.17) is 0 Å². The van der Waals surface area contributed by atoms with Crippen LogP contribution in [0.2, 0.25) is 0 Å². The standard InChI is InChI=1S/C13H14F2N4O.2ClH/c14-13(15)5-10(17-8-13)12(20)16-6-9-7-19-4-2-1-3-11(19)18-9;;/h1-4,7,10,17H,5-6,8H2,(H,16,20);2*1H. The summed E-state index contributed by atoms with van der Waals surface area (Å²) in [7, 11) is 0. The van der Waals surface area contributed by atoms with E-state index in [0.29, 0.717) is 5.69 Å². The Bertz CT molecular complexity index is 617. The minimum Gasteiger partial charge on any atom is -0.349 e. The monoisotopic (exact) mass is 352 g/mol. The number of fused-ring (bicyclic) bond motifs is 1. The van der Waals surface area contributed by atoms with E-state index in [0.717, 1.165) is 5.65 Å². The van der Waals surface area contributed by atoms with E-state index in [9.17, 15) is 13.6 Å². The normalized spacial score (nSPS) is 19.3. The van der Waals surface area contributed by atoms with Crippen LogP contribution in [0.3, 0.4) is 0 Å². The number of rotatable bonds is 3. The highest BCUT2D eigenvalue weighted by Gasteiger charge is 2.42. The van der Waals surface area contributed by atoms with Crippen LogP contribution >= 0.6 is 24.8 Å². The van der Waals surface area contributed by atoms with Crippen LogP contribution in [0.4, 0.5) is 8.78 Å². The molecule has 0 saturated carbocycles. The number of carbonyl (C=O) groups excluding carboxylic acids is 1. The van der Waals surface area contributed by atoms with Crippen LogP contribution in [0.1, 0.15) is 12.1 Å². The molecular weight excluding hydrogens is 337 g/mol. The topological polar surface area (TPSA) is 58.4 Å². The van der Waals surface area contributed by atoms with Gasteiger partial charge in [-0.15, -0.1) is 24.8 Å². The molecule has 0 aliphatic carbocycles. The number of halogens is 4. The first-order chi connectivity index (χ1) is 9.53. The predicted octanol–water partition coefficient (Wildman–Crippen LogP) is 1.79. The van der Waals surface area contributed by atoms with Crippen LogP contribution in [0.5, 0.6) is 0 Å². The highest BCUT2D eigenvalue weighted by molar-refractivity contribution is 5.85. The Kier molecular flexibility index (Phi) is 6.10. The second-order valence-electron chi connectivity index (χ2n) is 4.91. The van der Waals surface area contributed by atoms with Crippen molar-refractivity contribution in [1.29, 1.82) is 0 Å². The largest absolute Gasteiger partial charge is 0.349 e. The first-order valence-electron chi connectivity index (χ1n) is 6.35. The molecule has 3 heterocycles. The van der Waals surface area contributed by atoms with Crippen LogP contribution in [0, 0.1) is 0 Å². The fraction of sp³-hybridized carbons (Fsp3) is 0.385. The van der Waals surface area contributed by atoms with Crippen molar-refractivity contribution < 1.29 is 13.6 Å². The number of aromatic nitrogens is 2. The molecule has 9 heteroatoms. The summed E-state index contributed by atoms with van der Waals surface area (Å²) in [5, 5.41) is 5.15. The molecule has 1 aliphatic rings. The molecule has 1 atom stereocenters. The summed E-state index contributed by atoms with van der Waals surface area (Å²) in [6, 6.07) is 4.77. The van der Waals surface area contributed by atoms with Gasteiger partial charge in [-0.25, -0.2) is 13.8 Å². The molecule has 122 valence electrons. The van der Waals surface area contributed by atoms with E-state index in [1.807, 2.05) is 28.8 Å². The van der Waals surface area contributed by atoms with E-state index in [2.05, 4.69) is 15.6 Å². The van der Waals surface area contributed by atoms with E-state index in [-0.39, 0.29) is 31.4 Å². The van der Waals surface area contributed by atoms with Crippen molar-refractivity contribution in [1.82, 2.24) is 20.0 Å². The van der Waals surface area contributed by atoms with Crippen molar-refractivity contribution in [2.24, 2.45) is 0 Å². The molecule has 3 rings (SSSR count). The number of imidazole rings is 1. The summed E-state index contributed by atoms with van der Waals surface area (Å²) in [6.45, 7) is -0.219. The lowest BCUT2D eigenvalue weighted by Gasteiger charge is -2.10. The van der Waals surface area contributed by atoms with Gasteiger partial charge in [-0.3, -0.25) is 10.1 Å². The summed E-state index contributed by atoms with van der Waals surface area (Å²) in [5.74, 6) is -3.22. The van der Waals surface area contributed by atoms with Crippen molar-refractivity contribution in [3.63, 3.8) is 0 Å². The zero-order chi connectivity index (χ0) is 14.2. The first kappa shape index (κ1) is 18.6. The fourth-order valence-corrected chi connectivity index (χ4v) is 2.27. The van der Waals surface area contributed by atoms with E-state index in [1.54, 1.807) is 6.20 Å². The molecule has 1 aliphatic heterocycles. The Balaban J connectivity index is 0.00000121. The molecule has 22 heavy (non-hydrogen) atoms. The number of alkyl halides is 2. The highest BCUT2D eigenvalue weighted by atomic mass is 35.5. The maximum absolute atomic E-state index is 13.0. The maximum atomic E-state index is 13.0. The second-order valence-corrected chi connectivity index (χ2v) is 4.91. The van der Waals surface area contributed by atoms with Crippen LogP contribution in [0.15, 0.2) is 30.6 Å². The molecule has 2 N–H and O–H groups in total. The zero-order valence-electron chi connectivity index (χ0n) is 11.5. The second kappa shape index (κ2) is 7.21. The zero-order valence-corrected chi connectivity index (χ0v) is 13.1. The van der Waals surface area contributed by atoms with Gasteiger partial charge in [-0.2, -0.15) is 0 Å². The Hall–Kier alpha value is -1.44. The van der Waals surface area contributed by atoms with E-state index in [1.165, 1.54) is 0 Å². The molecule has 5 nitrogen and oxygen atoms in total. The molecule has 0 spiro atoms. The molecule has 1 saturated heterocycles. The minimum absolute atomic E-state index is 0. The molecule has 0 aromatic carbocycles. The molecule has 1 unspecified atom stereocenters. The summed E-state index contributed by atoms with van der Waals surface area (Å²) in [5.41, 5.74) is 1.47. The van der Waals surface area contributed by atoms with Gasteiger partial charge in [0.15, 0.2) is 0 Å². The van der Waals surface area contributed by atoms with Crippen LogP contribution < -0.4 is 10.6 Å². The van der Waals surface area contributed by atoms with Gasteiger partial charge >= 0.3 is 0 Å². The molecule has 1 amide bonds. The number of hydrogen-bond acceptors (Lipinski definition) is 3. The lowest BCUT2D eigenvalue weighted by atomic mass is 10.2. The maximum Gasteiger partial charge on any atom is 0.262 e. The average Bonchev–Trinajstić information content (AvgIpc) is 2.98. The summed E-state index contributed by atoms with van der Waals surface area (Å²) < 4.78 is 27.8. The Labute approximate surface area is 138 Å². The SMILES string of the molecule is Cl.Cl.O=C(NCc1cn2ccccc2n1)C1CC(F)(F)CN1. The number of hydrogen-bond donors (Lipinski definition) is 2. The van der Waals surface area contributed by atoms with Crippen LogP contribution in [-0.4, -0.2) is 33.8 Å². The number of pyridine rings is 1. The van der Waals surface area contributed by atoms with Crippen molar-refractivity contribution in [3.8, 4) is 0 Å². The van der Waals surface area contributed by atoms with Crippen molar-refractivity contribution in [2.75, 3.05) is 6.54 Å². The molecule has 1 fully saturated rings. The smallest absolute Gasteiger partial charge is 0.262 e. The van der Waals surface area contributed by atoms with E-state index >= 15 is 0 Å². The predicted molar refractivity (Wildman–Crippen MR) is 82.9 cm³/mol. The van der Waals surface area contributed by atoms with E-state index < -0.39 is 30.8 Å². The summed E-state index contributed by atoms with van der Waals surface area (Å²) in [6.07, 6.45) is 3.20. The highest BCUT2D eigenvalue weighted by Crippen LogP contribution is 2.25. The molecule has 2 aromatic rings. The quantitative estimate of drug-likeness (QED) is 0.885. The van der Waals surface area contributed by atoms with Crippen LogP contribution in [0.25, 0.3) is 5.65 Å². The average molecular weight is 353 g/mol. The minimum atomic E-state index is -2.80. The van der Waals surface area contributed by atoms with Crippen molar-refractivity contribution >= 4 is 36.4 Å². The number of nitrogens with zero attached hydrogens (tertiary/aromatic N) is 2. The third-order valence-corrected chi connectivity index (χ3v) is 3.28. The fourth-order valence-electron chi connectivity index (χ4n) is 2.27. The van der Waals surface area contributed by atoms with Gasteiger partial charge in [0.25, 0.3) is 5.92 Å². The lowest BCUT2D eigenvalue weighted by Crippen LogP contribution is -2.40. The third kappa shape index (κ3) is 4.06. The van der Waals surface area contributed by atoms with Gasteiger partial charge in [0, 0.05) is 18.8 Å². The van der Waals surface area contributed by atoms with Crippen molar-refractivity contribution in [3.05, 3.63) is 36.3 Å². The molecule has 0 radical (unpaired) electrons. The van der Waals surface area contributed by atoms with Crippen LogP contribution in [-0.2, 0) is 11.3 Å². The van der Waals surface area contributed by atoms with Gasteiger partial charge < -0.3 is 9.72 Å². The summed E-state index contributed by atoms with van der Waals surface area (Å²) >= 11 is 0. The Morgan fingerprint density at radius 1 is 1.45 bits per heavy atom.